The third kappa shape index (κ3) is 4.04. The Morgan fingerprint density at radius 3 is 2.47 bits per heavy atom. The van der Waals surface area contributed by atoms with E-state index < -0.39 is 54.0 Å². The highest BCUT2D eigenvalue weighted by molar-refractivity contribution is 6.11. The van der Waals surface area contributed by atoms with Crippen LogP contribution in [0.2, 0.25) is 0 Å². The molecule has 2 fully saturated rings. The van der Waals surface area contributed by atoms with Gasteiger partial charge in [0.1, 0.15) is 18.1 Å². The van der Waals surface area contributed by atoms with Crippen LogP contribution in [0.25, 0.3) is 10.8 Å². The molecule has 4 rings (SSSR count). The Balaban J connectivity index is 1.42. The van der Waals surface area contributed by atoms with Crippen molar-refractivity contribution in [3.63, 3.8) is 0 Å². The first-order valence-corrected chi connectivity index (χ1v) is 10.1. The van der Waals surface area contributed by atoms with Crippen molar-refractivity contribution < 1.29 is 33.8 Å². The fourth-order valence-electron chi connectivity index (χ4n) is 3.83. The monoisotopic (exact) mass is 439 g/mol. The Labute approximate surface area is 182 Å². The molecule has 0 radical (unpaired) electrons. The van der Waals surface area contributed by atoms with Crippen LogP contribution in [0.3, 0.4) is 0 Å². The number of aliphatic hydroxyl groups is 1. The van der Waals surface area contributed by atoms with Gasteiger partial charge >= 0.3 is 5.97 Å². The van der Waals surface area contributed by atoms with Crippen LogP contribution in [-0.2, 0) is 23.9 Å². The van der Waals surface area contributed by atoms with E-state index in [9.17, 15) is 29.1 Å². The predicted molar refractivity (Wildman–Crippen MR) is 110 cm³/mol. The molecule has 32 heavy (non-hydrogen) atoms. The number of amides is 4. The molecule has 4 amide bonds. The molecule has 166 valence electrons. The minimum Gasteiger partial charge on any atom is -0.434 e. The maximum absolute atomic E-state index is 12.8. The number of likely N-dealkylation sites (tertiary alicyclic amines) is 1. The fraction of sp³-hybridized carbons (Fsp3) is 0.318. The lowest BCUT2D eigenvalue weighted by molar-refractivity contribution is -0.155. The number of benzene rings is 2. The number of carbonyl (C=O) groups excluding carboxylic acids is 5. The van der Waals surface area contributed by atoms with Gasteiger partial charge in [-0.25, -0.2) is 0 Å². The second-order valence-corrected chi connectivity index (χ2v) is 7.77. The highest BCUT2D eigenvalue weighted by atomic mass is 16.6. The van der Waals surface area contributed by atoms with Crippen molar-refractivity contribution in [1.82, 2.24) is 15.5 Å². The molecule has 0 bridgehead atoms. The largest absolute Gasteiger partial charge is 0.434 e. The van der Waals surface area contributed by atoms with Gasteiger partial charge in [-0.3, -0.25) is 28.9 Å². The molecule has 2 aliphatic heterocycles. The Bertz CT molecular complexity index is 1130. The normalized spacial score (nSPS) is 23.9. The minimum absolute atomic E-state index is 0.216. The van der Waals surface area contributed by atoms with Crippen LogP contribution in [-0.4, -0.2) is 64.0 Å². The SMILES string of the molecule is C[C@@H](C(=O)N[C@H]1CC(=O)OC1O)N1C(=O)C[C@H](NC(=O)c2ccc3ccccc3c2)C1=O. The number of cyclic esters (lactones) is 1. The number of hydrogen-bond acceptors (Lipinski definition) is 7. The van der Waals surface area contributed by atoms with Crippen LogP contribution >= 0.6 is 0 Å². The Hall–Kier alpha value is -3.79. The number of hydrogen-bond donors (Lipinski definition) is 3. The molecule has 2 aromatic carbocycles. The molecule has 0 saturated carbocycles. The Kier molecular flexibility index (Phi) is 5.62. The lowest BCUT2D eigenvalue weighted by atomic mass is 10.1. The summed E-state index contributed by atoms with van der Waals surface area (Å²) in [6.45, 7) is 1.35. The van der Waals surface area contributed by atoms with Crippen molar-refractivity contribution in [2.45, 2.75) is 44.2 Å². The molecule has 0 aliphatic carbocycles. The number of rotatable bonds is 5. The molecular weight excluding hydrogens is 418 g/mol. The summed E-state index contributed by atoms with van der Waals surface area (Å²) in [5, 5.41) is 16.4. The van der Waals surface area contributed by atoms with Gasteiger partial charge < -0.3 is 20.5 Å². The van der Waals surface area contributed by atoms with E-state index in [4.69, 9.17) is 0 Å². The molecule has 3 N–H and O–H groups in total. The van der Waals surface area contributed by atoms with E-state index in [1.54, 1.807) is 18.2 Å². The van der Waals surface area contributed by atoms with Crippen LogP contribution in [0.4, 0.5) is 0 Å². The highest BCUT2D eigenvalue weighted by Gasteiger charge is 2.45. The lowest BCUT2D eigenvalue weighted by Crippen LogP contribution is -2.53. The molecule has 2 aromatic rings. The summed E-state index contributed by atoms with van der Waals surface area (Å²) in [6.07, 6.45) is -1.98. The van der Waals surface area contributed by atoms with E-state index in [-0.39, 0.29) is 12.8 Å². The summed E-state index contributed by atoms with van der Waals surface area (Å²) in [6, 6.07) is 9.35. The summed E-state index contributed by atoms with van der Waals surface area (Å²) in [4.78, 5) is 62.4. The van der Waals surface area contributed by atoms with E-state index >= 15 is 0 Å². The van der Waals surface area contributed by atoms with Crippen LogP contribution in [0.1, 0.15) is 30.1 Å². The fourth-order valence-corrected chi connectivity index (χ4v) is 3.83. The molecule has 4 atom stereocenters. The van der Waals surface area contributed by atoms with Crippen LogP contribution in [0.5, 0.6) is 0 Å². The molecule has 0 aromatic heterocycles. The van der Waals surface area contributed by atoms with E-state index in [2.05, 4.69) is 15.4 Å². The van der Waals surface area contributed by atoms with Crippen molar-refractivity contribution in [3.05, 3.63) is 48.0 Å². The lowest BCUT2D eigenvalue weighted by Gasteiger charge is -2.24. The molecule has 10 nitrogen and oxygen atoms in total. The number of nitrogens with one attached hydrogen (secondary N) is 2. The van der Waals surface area contributed by atoms with Gasteiger partial charge in [-0.1, -0.05) is 30.3 Å². The number of fused-ring (bicyclic) bond motifs is 1. The smallest absolute Gasteiger partial charge is 0.310 e. The zero-order valence-electron chi connectivity index (χ0n) is 17.1. The molecule has 2 saturated heterocycles. The summed E-state index contributed by atoms with van der Waals surface area (Å²) in [5.74, 6) is -3.21. The predicted octanol–water partition coefficient (Wildman–Crippen LogP) is -0.164. The molecule has 1 unspecified atom stereocenters. The van der Waals surface area contributed by atoms with E-state index in [1.165, 1.54) is 6.92 Å². The zero-order valence-corrected chi connectivity index (χ0v) is 17.1. The van der Waals surface area contributed by atoms with Crippen LogP contribution in [0.15, 0.2) is 42.5 Å². The number of carbonyl (C=O) groups is 5. The van der Waals surface area contributed by atoms with Crippen molar-refractivity contribution >= 4 is 40.4 Å². The molecule has 2 aliphatic rings. The maximum Gasteiger partial charge on any atom is 0.310 e. The first-order valence-electron chi connectivity index (χ1n) is 10.1. The number of nitrogens with zero attached hydrogens (tertiary/aromatic N) is 1. The quantitative estimate of drug-likeness (QED) is 0.434. The Morgan fingerprint density at radius 1 is 1.06 bits per heavy atom. The van der Waals surface area contributed by atoms with Gasteiger partial charge in [0.05, 0.1) is 12.8 Å². The van der Waals surface area contributed by atoms with Gasteiger partial charge in [0, 0.05) is 5.56 Å². The molecule has 0 spiro atoms. The molecule has 10 heteroatoms. The van der Waals surface area contributed by atoms with Crippen LogP contribution in [0, 0.1) is 0 Å². The molecular formula is C22H21N3O7. The van der Waals surface area contributed by atoms with Gasteiger partial charge in [-0.15, -0.1) is 0 Å². The van der Waals surface area contributed by atoms with Gasteiger partial charge in [0.25, 0.3) is 11.8 Å². The summed E-state index contributed by atoms with van der Waals surface area (Å²) >= 11 is 0. The van der Waals surface area contributed by atoms with Crippen LogP contribution < -0.4 is 10.6 Å². The van der Waals surface area contributed by atoms with Crippen molar-refractivity contribution in [2.24, 2.45) is 0 Å². The topological polar surface area (TPSA) is 142 Å². The van der Waals surface area contributed by atoms with E-state index in [0.29, 0.717) is 5.56 Å². The van der Waals surface area contributed by atoms with Gasteiger partial charge in [-0.2, -0.15) is 0 Å². The van der Waals surface area contributed by atoms with Crippen molar-refractivity contribution in [3.8, 4) is 0 Å². The summed E-state index contributed by atoms with van der Waals surface area (Å²) < 4.78 is 4.56. The maximum atomic E-state index is 12.8. The molecule has 2 heterocycles. The third-order valence-electron chi connectivity index (χ3n) is 5.58. The van der Waals surface area contributed by atoms with Gasteiger partial charge in [0.15, 0.2) is 0 Å². The highest BCUT2D eigenvalue weighted by Crippen LogP contribution is 2.20. The zero-order chi connectivity index (χ0) is 23.0. The average molecular weight is 439 g/mol. The minimum atomic E-state index is -1.49. The van der Waals surface area contributed by atoms with E-state index in [0.717, 1.165) is 15.7 Å². The summed E-state index contributed by atoms with van der Waals surface area (Å²) in [5.41, 5.74) is 0.341. The summed E-state index contributed by atoms with van der Waals surface area (Å²) in [7, 11) is 0. The van der Waals surface area contributed by atoms with Crippen molar-refractivity contribution in [1.29, 1.82) is 0 Å². The number of esters is 1. The first-order chi connectivity index (χ1) is 15.2. The third-order valence-corrected chi connectivity index (χ3v) is 5.58. The van der Waals surface area contributed by atoms with Gasteiger partial charge in [-0.05, 0) is 29.8 Å². The number of ether oxygens (including phenoxy) is 1. The van der Waals surface area contributed by atoms with E-state index in [1.807, 2.05) is 24.3 Å². The first kappa shape index (κ1) is 21.4. The second-order valence-electron chi connectivity index (χ2n) is 7.77. The Morgan fingerprint density at radius 2 is 1.78 bits per heavy atom. The van der Waals surface area contributed by atoms with Crippen molar-refractivity contribution in [2.75, 3.05) is 0 Å². The number of aliphatic hydroxyl groups excluding tert-OH is 1. The van der Waals surface area contributed by atoms with Gasteiger partial charge in [0.2, 0.25) is 18.1 Å². The standard InChI is InChI=1S/C22H21N3O7/c1-11(19(28)24-16-10-18(27)32-22(16)31)25-17(26)9-15(21(25)30)23-20(29)14-7-6-12-4-2-3-5-13(12)8-14/h2-8,11,15-16,22,31H,9-10H2,1H3,(H,23,29)(H,24,28)/t11-,15-,16-,22?/m0/s1. The second kappa shape index (κ2) is 8.39. The average Bonchev–Trinajstić information content (AvgIpc) is 3.23. The number of imide groups is 1.